The third kappa shape index (κ3) is 2.60. The Balaban J connectivity index is 2.11. The van der Waals surface area contributed by atoms with Crippen molar-refractivity contribution in [3.8, 4) is 0 Å². The summed E-state index contributed by atoms with van der Waals surface area (Å²) in [5.74, 6) is -0.508. The Bertz CT molecular complexity index is 398. The summed E-state index contributed by atoms with van der Waals surface area (Å²) < 4.78 is 6.16. The summed E-state index contributed by atoms with van der Waals surface area (Å²) in [4.78, 5) is 11.5. The molecule has 0 amide bonds. The summed E-state index contributed by atoms with van der Waals surface area (Å²) in [6, 6.07) is 0. The molecule has 0 spiro atoms. The predicted octanol–water partition coefficient (Wildman–Crippen LogP) is 0.155. The van der Waals surface area contributed by atoms with Crippen LogP contribution in [0.1, 0.15) is 43.2 Å². The van der Waals surface area contributed by atoms with Crippen LogP contribution in [0, 0.1) is 0 Å². The molecule has 7 heteroatoms. The highest BCUT2D eigenvalue weighted by Gasteiger charge is 2.33. The van der Waals surface area contributed by atoms with Crippen LogP contribution in [0.3, 0.4) is 0 Å². The molecule has 0 atom stereocenters. The second kappa shape index (κ2) is 4.79. The standard InChI is InChI=1S/C10H16N4O3/c1-2-17-9(15)8-11-12-13-14(8)7-10(16)5-3-4-6-10/h16H,2-7H2,1H3. The molecule has 0 unspecified atom stereocenters. The zero-order valence-electron chi connectivity index (χ0n) is 9.80. The van der Waals surface area contributed by atoms with E-state index >= 15 is 0 Å². The predicted molar refractivity (Wildman–Crippen MR) is 57.2 cm³/mol. The summed E-state index contributed by atoms with van der Waals surface area (Å²) in [5.41, 5.74) is -0.795. The zero-order chi connectivity index (χ0) is 12.3. The van der Waals surface area contributed by atoms with Crippen molar-refractivity contribution in [1.82, 2.24) is 20.2 Å². The molecule has 2 rings (SSSR count). The van der Waals surface area contributed by atoms with Gasteiger partial charge in [-0.2, -0.15) is 0 Å². The van der Waals surface area contributed by atoms with Gasteiger partial charge in [0.25, 0.3) is 5.82 Å². The Kier molecular flexibility index (Phi) is 3.37. The Morgan fingerprint density at radius 3 is 2.88 bits per heavy atom. The second-order valence-electron chi connectivity index (χ2n) is 4.31. The van der Waals surface area contributed by atoms with E-state index in [2.05, 4.69) is 15.5 Å². The van der Waals surface area contributed by atoms with Gasteiger partial charge in [-0.3, -0.25) is 0 Å². The fourth-order valence-corrected chi connectivity index (χ4v) is 2.12. The number of hydrogen-bond acceptors (Lipinski definition) is 6. The van der Waals surface area contributed by atoms with Crippen LogP contribution < -0.4 is 0 Å². The Hall–Kier alpha value is -1.50. The molecule has 1 saturated carbocycles. The number of ether oxygens (including phenoxy) is 1. The minimum absolute atomic E-state index is 0.0483. The van der Waals surface area contributed by atoms with Gasteiger partial charge < -0.3 is 9.84 Å². The van der Waals surface area contributed by atoms with Crippen molar-refractivity contribution in [3.63, 3.8) is 0 Å². The first-order valence-electron chi connectivity index (χ1n) is 5.80. The summed E-state index contributed by atoms with van der Waals surface area (Å²) in [5, 5.41) is 21.0. The number of rotatable bonds is 4. The molecule has 1 fully saturated rings. The lowest BCUT2D eigenvalue weighted by molar-refractivity contribution is 0.0231. The number of hydrogen-bond donors (Lipinski definition) is 1. The van der Waals surface area contributed by atoms with E-state index in [1.165, 1.54) is 4.68 Å². The maximum atomic E-state index is 11.5. The van der Waals surface area contributed by atoms with Crippen molar-refractivity contribution < 1.29 is 14.6 Å². The SMILES string of the molecule is CCOC(=O)c1nnnn1CC1(O)CCCC1. The van der Waals surface area contributed by atoms with Gasteiger partial charge in [-0.15, -0.1) is 5.10 Å². The normalized spacial score (nSPS) is 18.2. The second-order valence-corrected chi connectivity index (χ2v) is 4.31. The van der Waals surface area contributed by atoms with E-state index in [0.29, 0.717) is 0 Å². The van der Waals surface area contributed by atoms with Crippen molar-refractivity contribution in [1.29, 1.82) is 0 Å². The number of esters is 1. The maximum absolute atomic E-state index is 11.5. The summed E-state index contributed by atoms with van der Waals surface area (Å²) >= 11 is 0. The van der Waals surface area contributed by atoms with Crippen LogP contribution in [0.2, 0.25) is 0 Å². The molecule has 1 aromatic heterocycles. The molecule has 17 heavy (non-hydrogen) atoms. The van der Waals surface area contributed by atoms with Crippen LogP contribution in [-0.2, 0) is 11.3 Å². The molecule has 0 radical (unpaired) electrons. The molecule has 0 aliphatic heterocycles. The smallest absolute Gasteiger partial charge is 0.378 e. The van der Waals surface area contributed by atoms with Crippen molar-refractivity contribution in [3.05, 3.63) is 5.82 Å². The first-order valence-corrected chi connectivity index (χ1v) is 5.80. The van der Waals surface area contributed by atoms with Gasteiger partial charge >= 0.3 is 5.97 Å². The topological polar surface area (TPSA) is 90.1 Å². The molecular formula is C10H16N4O3. The van der Waals surface area contributed by atoms with Gasteiger partial charge in [0.05, 0.1) is 18.8 Å². The highest BCUT2D eigenvalue weighted by Crippen LogP contribution is 2.30. The molecule has 0 bridgehead atoms. The minimum atomic E-state index is -0.795. The monoisotopic (exact) mass is 240 g/mol. The molecule has 1 heterocycles. The number of aromatic nitrogens is 4. The lowest BCUT2D eigenvalue weighted by Crippen LogP contribution is -2.32. The number of nitrogens with zero attached hydrogens (tertiary/aromatic N) is 4. The van der Waals surface area contributed by atoms with Crippen molar-refractivity contribution in [2.24, 2.45) is 0 Å². The Morgan fingerprint density at radius 1 is 1.53 bits per heavy atom. The summed E-state index contributed by atoms with van der Waals surface area (Å²) in [6.07, 6.45) is 3.42. The molecule has 1 aliphatic rings. The molecule has 0 aromatic carbocycles. The molecule has 94 valence electrons. The van der Waals surface area contributed by atoms with Crippen molar-refractivity contribution in [2.75, 3.05) is 6.61 Å². The lowest BCUT2D eigenvalue weighted by atomic mass is 10.0. The van der Waals surface area contributed by atoms with E-state index in [1.54, 1.807) is 6.92 Å². The van der Waals surface area contributed by atoms with Crippen LogP contribution in [0.15, 0.2) is 0 Å². The third-order valence-electron chi connectivity index (χ3n) is 2.97. The molecule has 0 saturated heterocycles. The van der Waals surface area contributed by atoms with E-state index in [0.717, 1.165) is 25.7 Å². The van der Waals surface area contributed by atoms with Crippen LogP contribution in [-0.4, -0.2) is 43.5 Å². The van der Waals surface area contributed by atoms with Crippen LogP contribution >= 0.6 is 0 Å². The number of aliphatic hydroxyl groups is 1. The van der Waals surface area contributed by atoms with Gasteiger partial charge in [0, 0.05) is 0 Å². The van der Waals surface area contributed by atoms with Gasteiger partial charge in [0.15, 0.2) is 0 Å². The molecule has 1 aromatic rings. The van der Waals surface area contributed by atoms with Gasteiger partial charge in [0.1, 0.15) is 0 Å². The molecule has 7 nitrogen and oxygen atoms in total. The first-order chi connectivity index (χ1) is 8.14. The quantitative estimate of drug-likeness (QED) is 0.754. The molecule has 1 N–H and O–H groups in total. The molecule has 1 aliphatic carbocycles. The van der Waals surface area contributed by atoms with Gasteiger partial charge in [-0.25, -0.2) is 9.48 Å². The van der Waals surface area contributed by atoms with Gasteiger partial charge in [-0.05, 0) is 30.2 Å². The lowest BCUT2D eigenvalue weighted by Gasteiger charge is -2.21. The fraction of sp³-hybridized carbons (Fsp3) is 0.800. The van der Waals surface area contributed by atoms with Crippen LogP contribution in [0.25, 0.3) is 0 Å². The number of carbonyl (C=O) groups excluding carboxylic acids is 1. The van der Waals surface area contributed by atoms with Crippen molar-refractivity contribution in [2.45, 2.75) is 44.8 Å². The van der Waals surface area contributed by atoms with E-state index in [4.69, 9.17) is 4.74 Å². The third-order valence-corrected chi connectivity index (χ3v) is 2.97. The number of tetrazole rings is 1. The highest BCUT2D eigenvalue weighted by atomic mass is 16.5. The largest absolute Gasteiger partial charge is 0.460 e. The van der Waals surface area contributed by atoms with Gasteiger partial charge in [0.2, 0.25) is 0 Å². The van der Waals surface area contributed by atoms with Crippen molar-refractivity contribution >= 4 is 5.97 Å². The highest BCUT2D eigenvalue weighted by molar-refractivity contribution is 5.85. The Labute approximate surface area is 98.8 Å². The first kappa shape index (κ1) is 12.0. The number of carbonyl (C=O) groups is 1. The average molecular weight is 240 g/mol. The Morgan fingerprint density at radius 2 is 2.24 bits per heavy atom. The maximum Gasteiger partial charge on any atom is 0.378 e. The fourth-order valence-electron chi connectivity index (χ4n) is 2.12. The van der Waals surface area contributed by atoms with E-state index < -0.39 is 11.6 Å². The average Bonchev–Trinajstić information content (AvgIpc) is 2.88. The van der Waals surface area contributed by atoms with E-state index in [9.17, 15) is 9.90 Å². The van der Waals surface area contributed by atoms with Crippen LogP contribution in [0.4, 0.5) is 0 Å². The van der Waals surface area contributed by atoms with E-state index in [1.807, 2.05) is 0 Å². The minimum Gasteiger partial charge on any atom is -0.460 e. The summed E-state index contributed by atoms with van der Waals surface area (Å²) in [6.45, 7) is 2.24. The van der Waals surface area contributed by atoms with Gasteiger partial charge in [-0.1, -0.05) is 12.8 Å². The molecular weight excluding hydrogens is 224 g/mol. The van der Waals surface area contributed by atoms with E-state index in [-0.39, 0.29) is 19.0 Å². The summed E-state index contributed by atoms with van der Waals surface area (Å²) in [7, 11) is 0. The van der Waals surface area contributed by atoms with Crippen LogP contribution in [0.5, 0.6) is 0 Å². The zero-order valence-corrected chi connectivity index (χ0v) is 9.80.